The molecule has 1 amide bonds. The van der Waals surface area contributed by atoms with E-state index in [2.05, 4.69) is 11.9 Å². The molecule has 1 saturated heterocycles. The Hall–Kier alpha value is -3.26. The number of methoxy groups -OCH3 is 1. The van der Waals surface area contributed by atoms with Crippen molar-refractivity contribution in [1.82, 2.24) is 4.90 Å². The summed E-state index contributed by atoms with van der Waals surface area (Å²) in [5.74, 6) is 0.112. The normalized spacial score (nSPS) is 16.1. The minimum Gasteiger partial charge on any atom is -0.493 e. The Morgan fingerprint density at radius 3 is 2.69 bits per heavy atom. The molecule has 0 radical (unpaired) electrons. The highest BCUT2D eigenvalue weighted by atomic mass is 32.2. The van der Waals surface area contributed by atoms with Crippen molar-refractivity contribution in [3.63, 3.8) is 0 Å². The highest BCUT2D eigenvalue weighted by Gasteiger charge is 2.32. The van der Waals surface area contributed by atoms with Gasteiger partial charge in [-0.05, 0) is 67.1 Å². The van der Waals surface area contributed by atoms with Crippen molar-refractivity contribution in [2.24, 2.45) is 4.99 Å². The van der Waals surface area contributed by atoms with Gasteiger partial charge in [0.15, 0.2) is 16.7 Å². The number of hydrogen-bond donors (Lipinski definition) is 1. The zero-order valence-electron chi connectivity index (χ0n) is 18.3. The number of likely N-dealkylation sites (N-methyl/N-ethyl adjacent to an activating group) is 1. The molecule has 0 aromatic heterocycles. The van der Waals surface area contributed by atoms with Crippen molar-refractivity contribution in [1.29, 1.82) is 0 Å². The van der Waals surface area contributed by atoms with E-state index < -0.39 is 5.97 Å². The molecule has 0 unspecified atom stereocenters. The van der Waals surface area contributed by atoms with Crippen LogP contribution in [0.15, 0.2) is 52.4 Å². The van der Waals surface area contributed by atoms with Crippen LogP contribution in [-0.2, 0) is 4.79 Å². The van der Waals surface area contributed by atoms with E-state index in [1.54, 1.807) is 30.2 Å². The van der Waals surface area contributed by atoms with Crippen LogP contribution in [0.4, 0.5) is 5.69 Å². The van der Waals surface area contributed by atoms with Crippen LogP contribution in [0.25, 0.3) is 6.08 Å². The van der Waals surface area contributed by atoms with E-state index in [1.165, 1.54) is 23.9 Å². The highest BCUT2D eigenvalue weighted by Crippen LogP contribution is 2.36. The van der Waals surface area contributed by atoms with E-state index in [4.69, 9.17) is 9.47 Å². The van der Waals surface area contributed by atoms with E-state index in [9.17, 15) is 14.7 Å². The first-order valence-electron chi connectivity index (χ1n) is 10.4. The summed E-state index contributed by atoms with van der Waals surface area (Å²) < 4.78 is 11.2. The molecule has 0 saturated carbocycles. The summed E-state index contributed by atoms with van der Waals surface area (Å²) in [7, 11) is 1.59. The number of benzene rings is 2. The molecule has 0 bridgehead atoms. The van der Waals surface area contributed by atoms with E-state index >= 15 is 0 Å². The fourth-order valence-corrected chi connectivity index (χ4v) is 4.12. The molecule has 2 aromatic rings. The van der Waals surface area contributed by atoms with Crippen molar-refractivity contribution in [2.75, 3.05) is 20.3 Å². The van der Waals surface area contributed by atoms with Crippen LogP contribution in [0.5, 0.6) is 11.5 Å². The molecule has 3 rings (SSSR count). The van der Waals surface area contributed by atoms with Crippen LogP contribution in [0.1, 0.15) is 42.6 Å². The summed E-state index contributed by atoms with van der Waals surface area (Å²) in [6.45, 7) is 5.05. The molecule has 1 aliphatic heterocycles. The number of aliphatic imine (C=N–C) groups is 1. The molecule has 0 atom stereocenters. The van der Waals surface area contributed by atoms with Crippen molar-refractivity contribution < 1.29 is 24.2 Å². The van der Waals surface area contributed by atoms with E-state index in [0.717, 1.165) is 18.4 Å². The fourth-order valence-electron chi connectivity index (χ4n) is 3.06. The minimum atomic E-state index is -1.02. The maximum absolute atomic E-state index is 12.9. The number of aromatic carboxylic acids is 1. The van der Waals surface area contributed by atoms with Gasteiger partial charge in [-0.25, -0.2) is 9.79 Å². The first-order valence-corrected chi connectivity index (χ1v) is 11.2. The van der Waals surface area contributed by atoms with Crippen molar-refractivity contribution in [2.45, 2.75) is 26.7 Å². The summed E-state index contributed by atoms with van der Waals surface area (Å²) in [5.41, 5.74) is 1.44. The number of unbranched alkanes of at least 4 members (excludes halogenated alkanes) is 1. The number of amides is 1. The van der Waals surface area contributed by atoms with Crippen molar-refractivity contribution in [3.8, 4) is 11.5 Å². The predicted molar refractivity (Wildman–Crippen MR) is 127 cm³/mol. The number of hydrogen-bond acceptors (Lipinski definition) is 6. The van der Waals surface area contributed by atoms with Crippen LogP contribution >= 0.6 is 11.8 Å². The monoisotopic (exact) mass is 454 g/mol. The average molecular weight is 455 g/mol. The predicted octanol–water partition coefficient (Wildman–Crippen LogP) is 5.20. The van der Waals surface area contributed by atoms with Crippen molar-refractivity contribution in [3.05, 3.63) is 58.5 Å². The van der Waals surface area contributed by atoms with E-state index in [-0.39, 0.29) is 11.5 Å². The summed E-state index contributed by atoms with van der Waals surface area (Å²) in [5, 5.41) is 9.70. The Morgan fingerprint density at radius 2 is 2.00 bits per heavy atom. The lowest BCUT2D eigenvalue weighted by Gasteiger charge is -2.12. The summed E-state index contributed by atoms with van der Waals surface area (Å²) in [4.78, 5) is 30.8. The fraction of sp³-hybridized carbons (Fsp3) is 0.292. The number of carboxylic acid groups (broad SMARTS) is 1. The molecule has 1 fully saturated rings. The SMILES string of the molecule is CCCCOc1ccc(/C=C2/SC(=Nc3cccc(C(=O)O)c3)N(CC)C2=O)cc1OC. The third-order valence-electron chi connectivity index (χ3n) is 4.76. The summed E-state index contributed by atoms with van der Waals surface area (Å²) in [6.07, 6.45) is 3.80. The second-order valence-corrected chi connectivity index (χ2v) is 8.03. The van der Waals surface area contributed by atoms with Crippen LogP contribution < -0.4 is 9.47 Å². The van der Waals surface area contributed by atoms with Gasteiger partial charge in [-0.2, -0.15) is 0 Å². The minimum absolute atomic E-state index is 0.145. The number of carbonyl (C=O) groups excluding carboxylic acids is 1. The molecular formula is C24H26N2O5S. The van der Waals surface area contributed by atoms with Crippen LogP contribution in [0.2, 0.25) is 0 Å². The second-order valence-electron chi connectivity index (χ2n) is 7.02. The average Bonchev–Trinajstić information content (AvgIpc) is 3.08. The largest absolute Gasteiger partial charge is 0.493 e. The number of rotatable bonds is 9. The lowest BCUT2D eigenvalue weighted by molar-refractivity contribution is -0.122. The molecule has 32 heavy (non-hydrogen) atoms. The molecule has 1 N–H and O–H groups in total. The third kappa shape index (κ3) is 5.50. The van der Waals surface area contributed by atoms with Crippen LogP contribution in [-0.4, -0.2) is 47.3 Å². The molecule has 1 heterocycles. The molecule has 0 spiro atoms. The van der Waals surface area contributed by atoms with Crippen LogP contribution in [0, 0.1) is 0 Å². The number of thioether (sulfide) groups is 1. The molecule has 7 nitrogen and oxygen atoms in total. The Morgan fingerprint density at radius 1 is 1.19 bits per heavy atom. The zero-order chi connectivity index (χ0) is 23.1. The standard InChI is InChI=1S/C24H26N2O5S/c1-4-6-12-31-19-11-10-16(13-20(19)30-3)14-21-22(27)26(5-2)24(32-21)25-18-9-7-8-17(15-18)23(28)29/h7-11,13-15H,4-6,12H2,1-3H3,(H,28,29)/b21-14+,25-24?. The van der Waals surface area contributed by atoms with E-state index in [0.29, 0.717) is 40.4 Å². The number of carboxylic acids is 1. The van der Waals surface area contributed by atoms with Gasteiger partial charge in [-0.15, -0.1) is 0 Å². The highest BCUT2D eigenvalue weighted by molar-refractivity contribution is 8.18. The van der Waals surface area contributed by atoms with E-state index in [1.807, 2.05) is 25.1 Å². The topological polar surface area (TPSA) is 88.4 Å². The Bertz CT molecular complexity index is 1060. The molecular weight excluding hydrogens is 428 g/mol. The quantitative estimate of drug-likeness (QED) is 0.414. The Kier molecular flexibility index (Phi) is 7.94. The summed E-state index contributed by atoms with van der Waals surface area (Å²) in [6, 6.07) is 11.9. The molecule has 2 aromatic carbocycles. The first kappa shape index (κ1) is 23.4. The molecule has 0 aliphatic carbocycles. The van der Waals surface area contributed by atoms with Gasteiger partial charge in [-0.1, -0.05) is 25.5 Å². The Balaban J connectivity index is 1.86. The van der Waals surface area contributed by atoms with Gasteiger partial charge in [0.05, 0.1) is 29.9 Å². The lowest BCUT2D eigenvalue weighted by atomic mass is 10.2. The smallest absolute Gasteiger partial charge is 0.335 e. The van der Waals surface area contributed by atoms with Gasteiger partial charge in [-0.3, -0.25) is 9.69 Å². The molecule has 1 aliphatic rings. The number of ether oxygens (including phenoxy) is 2. The molecule has 168 valence electrons. The van der Waals surface area contributed by atoms with Crippen molar-refractivity contribution >= 4 is 40.6 Å². The maximum Gasteiger partial charge on any atom is 0.335 e. The summed E-state index contributed by atoms with van der Waals surface area (Å²) >= 11 is 1.26. The number of amidine groups is 1. The van der Waals surface area contributed by atoms with Gasteiger partial charge >= 0.3 is 5.97 Å². The van der Waals surface area contributed by atoms with Gasteiger partial charge < -0.3 is 14.6 Å². The third-order valence-corrected chi connectivity index (χ3v) is 5.77. The maximum atomic E-state index is 12.9. The van der Waals surface area contributed by atoms with Gasteiger partial charge in [0, 0.05) is 6.54 Å². The second kappa shape index (κ2) is 10.9. The molecule has 8 heteroatoms. The van der Waals surface area contributed by atoms with Gasteiger partial charge in [0.25, 0.3) is 5.91 Å². The van der Waals surface area contributed by atoms with Crippen LogP contribution in [0.3, 0.4) is 0 Å². The number of carbonyl (C=O) groups is 2. The zero-order valence-corrected chi connectivity index (χ0v) is 19.1. The lowest BCUT2D eigenvalue weighted by Crippen LogP contribution is -2.28. The number of nitrogens with zero attached hydrogens (tertiary/aromatic N) is 2. The first-order chi connectivity index (χ1) is 15.5. The van der Waals surface area contributed by atoms with Gasteiger partial charge in [0.2, 0.25) is 0 Å². The van der Waals surface area contributed by atoms with Gasteiger partial charge in [0.1, 0.15) is 0 Å². The Labute approximate surface area is 191 Å².